The Balaban J connectivity index is 2.48. The molecule has 0 bridgehead atoms. The van der Waals surface area contributed by atoms with Gasteiger partial charge in [0.15, 0.2) is 11.6 Å². The van der Waals surface area contributed by atoms with Crippen LogP contribution in [0.1, 0.15) is 25.6 Å². The molecule has 0 amide bonds. The second-order valence-corrected chi connectivity index (χ2v) is 4.05. The minimum Gasteiger partial charge on any atom is -0.328 e. The van der Waals surface area contributed by atoms with Crippen LogP contribution in [0.4, 0.5) is 8.78 Å². The number of benzene rings is 1. The molecule has 94 valence electrons. The van der Waals surface area contributed by atoms with Crippen molar-refractivity contribution >= 4 is 11.0 Å². The van der Waals surface area contributed by atoms with Crippen molar-refractivity contribution in [1.82, 2.24) is 9.55 Å². The smallest absolute Gasteiger partial charge is 0.161 e. The second kappa shape index (κ2) is 5.13. The fourth-order valence-electron chi connectivity index (χ4n) is 2.01. The Bertz CT molecular complexity index is 611. The van der Waals surface area contributed by atoms with Crippen LogP contribution >= 0.6 is 0 Å². The highest BCUT2D eigenvalue weighted by molar-refractivity contribution is 5.76. The number of imidazole rings is 1. The van der Waals surface area contributed by atoms with Gasteiger partial charge in [0.1, 0.15) is 5.82 Å². The monoisotopic (exact) mass is 249 g/mol. The summed E-state index contributed by atoms with van der Waals surface area (Å²) in [5.74, 6) is -0.966. The van der Waals surface area contributed by atoms with E-state index in [9.17, 15) is 8.78 Å². The number of fused-ring (bicyclic) bond motifs is 1. The third kappa shape index (κ3) is 2.19. The molecule has 1 aromatic carbocycles. The molecule has 0 saturated heterocycles. The average molecular weight is 249 g/mol. The number of aryl methyl sites for hydroxylation is 2. The fourth-order valence-corrected chi connectivity index (χ4v) is 2.01. The number of aromatic nitrogens is 2. The Morgan fingerprint density at radius 3 is 2.72 bits per heavy atom. The highest BCUT2D eigenvalue weighted by Gasteiger charge is 2.12. The van der Waals surface area contributed by atoms with Crippen LogP contribution < -0.4 is 0 Å². The molecule has 1 aromatic heterocycles. The van der Waals surface area contributed by atoms with Gasteiger partial charge in [0, 0.05) is 31.5 Å². The number of nitrogens with zero attached hydrogens (tertiary/aromatic N) is 3. The third-order valence-corrected chi connectivity index (χ3v) is 2.86. The summed E-state index contributed by atoms with van der Waals surface area (Å²) in [6.07, 6.45) is 1.80. The summed E-state index contributed by atoms with van der Waals surface area (Å²) in [7, 11) is 0. The molecule has 0 unspecified atom stereocenters. The summed E-state index contributed by atoms with van der Waals surface area (Å²) >= 11 is 0. The molecule has 0 fully saturated rings. The molecule has 0 saturated carbocycles. The zero-order valence-electron chi connectivity index (χ0n) is 10.1. The molecular formula is C13H13F2N3. The predicted octanol–water partition coefficient (Wildman–Crippen LogP) is 3.18. The molecule has 0 atom stereocenters. The number of rotatable bonds is 4. The molecule has 0 aliphatic carbocycles. The van der Waals surface area contributed by atoms with Crippen molar-refractivity contribution in [1.29, 1.82) is 5.26 Å². The third-order valence-electron chi connectivity index (χ3n) is 2.86. The Morgan fingerprint density at radius 1 is 1.33 bits per heavy atom. The van der Waals surface area contributed by atoms with Gasteiger partial charge in [-0.2, -0.15) is 5.26 Å². The van der Waals surface area contributed by atoms with Crippen LogP contribution in [0, 0.1) is 23.0 Å². The summed E-state index contributed by atoms with van der Waals surface area (Å²) in [6, 6.07) is 4.35. The van der Waals surface area contributed by atoms with E-state index in [-0.39, 0.29) is 0 Å². The minimum absolute atomic E-state index is 0.437. The first kappa shape index (κ1) is 12.5. The van der Waals surface area contributed by atoms with E-state index in [0.717, 1.165) is 11.9 Å². The first-order chi connectivity index (χ1) is 8.67. The molecule has 3 nitrogen and oxygen atoms in total. The maximum atomic E-state index is 13.3. The Morgan fingerprint density at radius 2 is 2.06 bits per heavy atom. The average Bonchev–Trinajstić information content (AvgIpc) is 2.68. The van der Waals surface area contributed by atoms with Gasteiger partial charge in [-0.3, -0.25) is 0 Å². The van der Waals surface area contributed by atoms with Crippen molar-refractivity contribution < 1.29 is 8.78 Å². The predicted molar refractivity (Wildman–Crippen MR) is 63.9 cm³/mol. The van der Waals surface area contributed by atoms with Gasteiger partial charge in [-0.15, -0.1) is 0 Å². The molecule has 18 heavy (non-hydrogen) atoms. The second-order valence-electron chi connectivity index (χ2n) is 4.05. The van der Waals surface area contributed by atoms with E-state index >= 15 is 0 Å². The standard InChI is InChI=1S/C13H13F2N3/c1-2-13-17-11-7-9(14)10(15)8-12(11)18(13)6-4-3-5-16/h7-8H,2-4,6H2,1H3. The summed E-state index contributed by atoms with van der Waals surface area (Å²) < 4.78 is 28.3. The van der Waals surface area contributed by atoms with Gasteiger partial charge < -0.3 is 4.57 Å². The van der Waals surface area contributed by atoms with Crippen LogP contribution in [0.3, 0.4) is 0 Å². The fraction of sp³-hybridized carbons (Fsp3) is 0.385. The lowest BCUT2D eigenvalue weighted by atomic mass is 10.2. The van der Waals surface area contributed by atoms with Crippen molar-refractivity contribution in [3.8, 4) is 6.07 Å². The molecule has 0 spiro atoms. The van der Waals surface area contributed by atoms with Crippen molar-refractivity contribution in [3.05, 3.63) is 29.6 Å². The number of hydrogen-bond donors (Lipinski definition) is 0. The van der Waals surface area contributed by atoms with Gasteiger partial charge in [-0.25, -0.2) is 13.8 Å². The van der Waals surface area contributed by atoms with Gasteiger partial charge in [-0.05, 0) is 6.42 Å². The van der Waals surface area contributed by atoms with Crippen LogP contribution in [0.5, 0.6) is 0 Å². The van der Waals surface area contributed by atoms with E-state index in [4.69, 9.17) is 5.26 Å². The minimum atomic E-state index is -0.883. The normalized spacial score (nSPS) is 10.8. The van der Waals surface area contributed by atoms with Crippen molar-refractivity contribution in [3.63, 3.8) is 0 Å². The summed E-state index contributed by atoms with van der Waals surface area (Å²) in [6.45, 7) is 2.53. The zero-order chi connectivity index (χ0) is 13.1. The van der Waals surface area contributed by atoms with Crippen molar-refractivity contribution in [2.24, 2.45) is 0 Å². The lowest BCUT2D eigenvalue weighted by Gasteiger charge is -2.06. The van der Waals surface area contributed by atoms with Crippen molar-refractivity contribution in [2.45, 2.75) is 32.7 Å². The summed E-state index contributed by atoms with van der Waals surface area (Å²) in [5.41, 5.74) is 1.05. The number of halogens is 2. The lowest BCUT2D eigenvalue weighted by Crippen LogP contribution is -2.03. The van der Waals surface area contributed by atoms with Gasteiger partial charge >= 0.3 is 0 Å². The largest absolute Gasteiger partial charge is 0.328 e. The number of nitriles is 1. The maximum Gasteiger partial charge on any atom is 0.161 e. The highest BCUT2D eigenvalue weighted by Crippen LogP contribution is 2.21. The van der Waals surface area contributed by atoms with Crippen LogP contribution in [0.2, 0.25) is 0 Å². The van der Waals surface area contributed by atoms with E-state index in [2.05, 4.69) is 11.1 Å². The molecule has 2 aromatic rings. The Hall–Kier alpha value is -1.96. The van der Waals surface area contributed by atoms with E-state index < -0.39 is 11.6 Å². The van der Waals surface area contributed by atoms with E-state index in [1.807, 2.05) is 11.5 Å². The molecule has 2 rings (SSSR count). The van der Waals surface area contributed by atoms with Gasteiger partial charge in [-0.1, -0.05) is 6.92 Å². The SMILES string of the molecule is CCc1nc2cc(F)c(F)cc2n1CCCC#N. The van der Waals surface area contributed by atoms with Crippen LogP contribution in [0.25, 0.3) is 11.0 Å². The van der Waals surface area contributed by atoms with Crippen molar-refractivity contribution in [2.75, 3.05) is 0 Å². The van der Waals surface area contributed by atoms with Gasteiger partial charge in [0.2, 0.25) is 0 Å². The maximum absolute atomic E-state index is 13.3. The molecule has 0 radical (unpaired) electrons. The number of hydrogen-bond acceptors (Lipinski definition) is 2. The molecule has 0 aliphatic rings. The lowest BCUT2D eigenvalue weighted by molar-refractivity contribution is 0.510. The highest BCUT2D eigenvalue weighted by atomic mass is 19.2. The van der Waals surface area contributed by atoms with E-state index in [0.29, 0.717) is 36.8 Å². The van der Waals surface area contributed by atoms with Crippen LogP contribution in [-0.4, -0.2) is 9.55 Å². The van der Waals surface area contributed by atoms with E-state index in [1.54, 1.807) is 0 Å². The first-order valence-electron chi connectivity index (χ1n) is 5.88. The van der Waals surface area contributed by atoms with Crippen LogP contribution in [0.15, 0.2) is 12.1 Å². The molecule has 5 heteroatoms. The van der Waals surface area contributed by atoms with Crippen LogP contribution in [-0.2, 0) is 13.0 Å². The molecule has 0 aliphatic heterocycles. The molecule has 1 heterocycles. The Labute approximate surface area is 104 Å². The number of unbranched alkanes of at least 4 members (excludes halogenated alkanes) is 1. The summed E-state index contributed by atoms with van der Waals surface area (Å²) in [4.78, 5) is 4.29. The van der Waals surface area contributed by atoms with Gasteiger partial charge in [0.05, 0.1) is 17.1 Å². The van der Waals surface area contributed by atoms with E-state index in [1.165, 1.54) is 6.07 Å². The summed E-state index contributed by atoms with van der Waals surface area (Å²) in [5, 5.41) is 8.53. The first-order valence-corrected chi connectivity index (χ1v) is 5.88. The molecule has 0 N–H and O–H groups in total. The van der Waals surface area contributed by atoms with Gasteiger partial charge in [0.25, 0.3) is 0 Å². The zero-order valence-corrected chi connectivity index (χ0v) is 10.1. The molecular weight excluding hydrogens is 236 g/mol. The topological polar surface area (TPSA) is 41.6 Å². The Kier molecular flexibility index (Phi) is 3.56. The quantitative estimate of drug-likeness (QED) is 0.781.